The molecule has 0 aliphatic heterocycles. The Morgan fingerprint density at radius 2 is 1.50 bits per heavy atom. The average Bonchev–Trinajstić information content (AvgIpc) is 2.98. The fraction of sp³-hybridized carbons (Fsp3) is 1.00. The van der Waals surface area contributed by atoms with Crippen LogP contribution in [0.15, 0.2) is 0 Å². The number of rotatable bonds is 4. The molecule has 0 aromatic rings. The summed E-state index contributed by atoms with van der Waals surface area (Å²) in [5, 5.41) is 0. The van der Waals surface area contributed by atoms with Crippen LogP contribution in [0.4, 0.5) is 0 Å². The monoisotopic (exact) mass is 252 g/mol. The molecule has 2 saturated carbocycles. The lowest BCUT2D eigenvalue weighted by atomic mass is 9.58. The fourth-order valence-electron chi connectivity index (χ4n) is 5.10. The standard InChI is InChI=1S/C16H32N2/c1-6-18(13-7-8-13)16(12-17)10-14(2,3)9-15(4,5)11-16/h13H,6-12,17H2,1-5H3. The van der Waals surface area contributed by atoms with Gasteiger partial charge in [-0.05, 0) is 49.5 Å². The van der Waals surface area contributed by atoms with Crippen LogP contribution in [-0.2, 0) is 0 Å². The molecule has 0 atom stereocenters. The summed E-state index contributed by atoms with van der Waals surface area (Å²) in [4.78, 5) is 2.75. The van der Waals surface area contributed by atoms with E-state index in [2.05, 4.69) is 39.5 Å². The molecule has 0 radical (unpaired) electrons. The largest absolute Gasteiger partial charge is 0.329 e. The van der Waals surface area contributed by atoms with Crippen molar-refractivity contribution in [2.45, 2.75) is 78.3 Å². The van der Waals surface area contributed by atoms with Gasteiger partial charge < -0.3 is 5.73 Å². The topological polar surface area (TPSA) is 29.3 Å². The van der Waals surface area contributed by atoms with Crippen molar-refractivity contribution in [1.29, 1.82) is 0 Å². The molecule has 0 heterocycles. The van der Waals surface area contributed by atoms with Gasteiger partial charge in [0.05, 0.1) is 0 Å². The van der Waals surface area contributed by atoms with Gasteiger partial charge in [0.2, 0.25) is 0 Å². The van der Waals surface area contributed by atoms with E-state index in [1.165, 1.54) is 32.1 Å². The van der Waals surface area contributed by atoms with E-state index in [1.807, 2.05) is 0 Å². The van der Waals surface area contributed by atoms with Crippen molar-refractivity contribution in [3.05, 3.63) is 0 Å². The highest BCUT2D eigenvalue weighted by atomic mass is 15.3. The molecule has 2 aliphatic rings. The van der Waals surface area contributed by atoms with E-state index in [9.17, 15) is 0 Å². The van der Waals surface area contributed by atoms with E-state index in [0.717, 1.165) is 19.1 Å². The molecular weight excluding hydrogens is 220 g/mol. The van der Waals surface area contributed by atoms with Crippen LogP contribution in [0.1, 0.15) is 66.7 Å². The Morgan fingerprint density at radius 1 is 1.00 bits per heavy atom. The molecule has 2 rings (SSSR count). The third-order valence-corrected chi connectivity index (χ3v) is 4.89. The van der Waals surface area contributed by atoms with Gasteiger partial charge in [0.15, 0.2) is 0 Å². The van der Waals surface area contributed by atoms with Gasteiger partial charge >= 0.3 is 0 Å². The summed E-state index contributed by atoms with van der Waals surface area (Å²) in [6, 6.07) is 0.822. The zero-order chi connectivity index (χ0) is 13.6. The predicted octanol–water partition coefficient (Wildman–Crippen LogP) is 3.40. The molecule has 0 spiro atoms. The summed E-state index contributed by atoms with van der Waals surface area (Å²) in [5.41, 5.74) is 7.37. The van der Waals surface area contributed by atoms with Gasteiger partial charge in [-0.15, -0.1) is 0 Å². The Kier molecular flexibility index (Phi) is 3.57. The van der Waals surface area contributed by atoms with Gasteiger partial charge in [0, 0.05) is 18.1 Å². The quantitative estimate of drug-likeness (QED) is 0.831. The van der Waals surface area contributed by atoms with Gasteiger partial charge in [-0.25, -0.2) is 0 Å². The number of hydrogen-bond acceptors (Lipinski definition) is 2. The zero-order valence-electron chi connectivity index (χ0n) is 13.1. The summed E-state index contributed by atoms with van der Waals surface area (Å²) in [6.45, 7) is 14.0. The molecule has 18 heavy (non-hydrogen) atoms. The van der Waals surface area contributed by atoms with E-state index >= 15 is 0 Å². The molecule has 2 nitrogen and oxygen atoms in total. The van der Waals surface area contributed by atoms with Gasteiger partial charge in [0.1, 0.15) is 0 Å². The highest BCUT2D eigenvalue weighted by molar-refractivity contribution is 5.07. The molecule has 0 aromatic heterocycles. The molecule has 0 saturated heterocycles. The first-order valence-corrected chi connectivity index (χ1v) is 7.70. The smallest absolute Gasteiger partial charge is 0.0344 e. The maximum absolute atomic E-state index is 6.28. The van der Waals surface area contributed by atoms with Crippen LogP contribution in [0.2, 0.25) is 0 Å². The summed E-state index contributed by atoms with van der Waals surface area (Å²) < 4.78 is 0. The molecule has 2 heteroatoms. The van der Waals surface area contributed by atoms with E-state index in [1.54, 1.807) is 0 Å². The number of nitrogens with two attached hydrogens (primary N) is 1. The Bertz CT molecular complexity index is 286. The summed E-state index contributed by atoms with van der Waals surface area (Å²) >= 11 is 0. The number of nitrogens with zero attached hydrogens (tertiary/aromatic N) is 1. The average molecular weight is 252 g/mol. The molecule has 2 aliphatic carbocycles. The molecule has 106 valence electrons. The van der Waals surface area contributed by atoms with E-state index in [4.69, 9.17) is 5.73 Å². The van der Waals surface area contributed by atoms with Crippen LogP contribution in [0.25, 0.3) is 0 Å². The van der Waals surface area contributed by atoms with Crippen molar-refractivity contribution in [2.75, 3.05) is 13.1 Å². The highest BCUT2D eigenvalue weighted by Crippen LogP contribution is 2.53. The maximum atomic E-state index is 6.28. The van der Waals surface area contributed by atoms with Crippen molar-refractivity contribution < 1.29 is 0 Å². The third kappa shape index (κ3) is 2.75. The Hall–Kier alpha value is -0.0800. The second kappa shape index (κ2) is 4.49. The van der Waals surface area contributed by atoms with Gasteiger partial charge in [-0.1, -0.05) is 34.6 Å². The first kappa shape index (κ1) is 14.3. The van der Waals surface area contributed by atoms with Crippen LogP contribution in [0.3, 0.4) is 0 Å². The third-order valence-electron chi connectivity index (χ3n) is 4.89. The van der Waals surface area contributed by atoms with Crippen LogP contribution < -0.4 is 5.73 Å². The van der Waals surface area contributed by atoms with Crippen LogP contribution >= 0.6 is 0 Å². The highest BCUT2D eigenvalue weighted by Gasteiger charge is 2.52. The predicted molar refractivity (Wildman–Crippen MR) is 78.6 cm³/mol. The molecule has 0 bridgehead atoms. The number of likely N-dealkylation sites (N-methyl/N-ethyl adjacent to an activating group) is 1. The summed E-state index contributed by atoms with van der Waals surface area (Å²) in [5.74, 6) is 0. The molecule has 0 amide bonds. The van der Waals surface area contributed by atoms with Gasteiger partial charge in [-0.3, -0.25) is 4.90 Å². The minimum absolute atomic E-state index is 0.251. The SMILES string of the molecule is CCN(C1CC1)C1(CN)CC(C)(C)CC(C)(C)C1. The lowest BCUT2D eigenvalue weighted by Gasteiger charge is -2.56. The second-order valence-electron chi connectivity index (χ2n) is 8.30. The van der Waals surface area contributed by atoms with Crippen LogP contribution in [0, 0.1) is 10.8 Å². The van der Waals surface area contributed by atoms with Crippen molar-refractivity contribution in [3.63, 3.8) is 0 Å². The maximum Gasteiger partial charge on any atom is 0.0344 e. The zero-order valence-corrected chi connectivity index (χ0v) is 13.1. The lowest BCUT2D eigenvalue weighted by Crippen LogP contribution is -2.61. The normalized spacial score (nSPS) is 29.5. The van der Waals surface area contributed by atoms with Crippen LogP contribution in [-0.4, -0.2) is 29.6 Å². The molecule has 2 N–H and O–H groups in total. The summed E-state index contributed by atoms with van der Waals surface area (Å²) in [7, 11) is 0. The second-order valence-corrected chi connectivity index (χ2v) is 8.30. The fourth-order valence-corrected chi connectivity index (χ4v) is 5.10. The molecular formula is C16H32N2. The molecule has 0 aromatic carbocycles. The van der Waals surface area contributed by atoms with Crippen molar-refractivity contribution in [3.8, 4) is 0 Å². The Balaban J connectivity index is 2.29. The number of hydrogen-bond donors (Lipinski definition) is 1. The van der Waals surface area contributed by atoms with Gasteiger partial charge in [-0.2, -0.15) is 0 Å². The van der Waals surface area contributed by atoms with E-state index < -0.39 is 0 Å². The van der Waals surface area contributed by atoms with E-state index in [0.29, 0.717) is 10.8 Å². The van der Waals surface area contributed by atoms with Crippen LogP contribution in [0.5, 0.6) is 0 Å². The molecule has 2 fully saturated rings. The lowest BCUT2D eigenvalue weighted by molar-refractivity contribution is -0.0456. The van der Waals surface area contributed by atoms with Crippen molar-refractivity contribution >= 4 is 0 Å². The summed E-state index contributed by atoms with van der Waals surface area (Å²) in [6.07, 6.45) is 6.63. The van der Waals surface area contributed by atoms with Gasteiger partial charge in [0.25, 0.3) is 0 Å². The first-order valence-electron chi connectivity index (χ1n) is 7.70. The van der Waals surface area contributed by atoms with E-state index in [-0.39, 0.29) is 5.54 Å². The Labute approximate surface area is 113 Å². The molecule has 0 unspecified atom stereocenters. The van der Waals surface area contributed by atoms with Crippen molar-refractivity contribution in [1.82, 2.24) is 4.90 Å². The minimum Gasteiger partial charge on any atom is -0.329 e. The first-order chi connectivity index (χ1) is 8.24. The minimum atomic E-state index is 0.251. The Morgan fingerprint density at radius 3 is 1.83 bits per heavy atom. The van der Waals surface area contributed by atoms with Crippen molar-refractivity contribution in [2.24, 2.45) is 16.6 Å².